The number of aromatic carboxylic acids is 1. The van der Waals surface area contributed by atoms with Crippen LogP contribution >= 0.6 is 0 Å². The number of benzene rings is 2. The number of aliphatic hydroxyl groups excluding tert-OH is 1. The van der Waals surface area contributed by atoms with Crippen LogP contribution in [-0.4, -0.2) is 109 Å². The van der Waals surface area contributed by atoms with Crippen molar-refractivity contribution >= 4 is 39.5 Å². The highest BCUT2D eigenvalue weighted by Crippen LogP contribution is 2.29. The van der Waals surface area contributed by atoms with Crippen LogP contribution in [0.25, 0.3) is 0 Å². The van der Waals surface area contributed by atoms with Gasteiger partial charge in [0.25, 0.3) is 0 Å². The Morgan fingerprint density at radius 3 is 2.33 bits per heavy atom. The average molecular weight is 596 g/mol. The first-order chi connectivity index (χ1) is 20.1. The topological polar surface area (TPSA) is 181 Å². The van der Waals surface area contributed by atoms with E-state index in [0.29, 0.717) is 25.2 Å². The van der Waals surface area contributed by atoms with Crippen molar-refractivity contribution in [2.24, 2.45) is 0 Å². The molecule has 6 atom stereocenters. The Morgan fingerprint density at radius 1 is 1.14 bits per heavy atom. The molecule has 43 heavy (non-hydrogen) atoms. The van der Waals surface area contributed by atoms with Gasteiger partial charge in [0.15, 0.2) is 0 Å². The molecule has 7 N–H and O–H groups in total. The van der Waals surface area contributed by atoms with Gasteiger partial charge in [-0.1, -0.05) is 24.3 Å². The van der Waals surface area contributed by atoms with Crippen LogP contribution < -0.4 is 16.0 Å². The molecule has 1 saturated heterocycles. The summed E-state index contributed by atoms with van der Waals surface area (Å²) in [5.74, 6) is -3.01. The third-order valence-corrected chi connectivity index (χ3v) is 7.22. The Morgan fingerprint density at radius 2 is 1.74 bits per heavy atom. The van der Waals surface area contributed by atoms with E-state index in [1.54, 1.807) is 18.2 Å². The number of halogens is 1. The standard InChI is InChI=1S/C28H35B2FN4O8/c1-15-11-35(12-16(2)43-15)13-18-7-4-6-17(22(18)31)10-33-20-9-5-8-19(26(39)40)21(20)24(37)34-23(25(38)32-3)28(30,42)27(29,41)14-36/h4-9,14-16,23-24,33-34,37,41-42H,10-13H2,1-3H3,(H,32,38)(H,39,40). The molecule has 0 bridgehead atoms. The zero-order valence-electron chi connectivity index (χ0n) is 24.1. The highest BCUT2D eigenvalue weighted by atomic mass is 19.1. The number of likely N-dealkylation sites (N-methyl/N-ethyl adjacent to an activating group) is 1. The summed E-state index contributed by atoms with van der Waals surface area (Å²) in [6.07, 6.45) is -2.31. The van der Waals surface area contributed by atoms with Gasteiger partial charge in [0.1, 0.15) is 40.1 Å². The first-order valence-corrected chi connectivity index (χ1v) is 13.5. The summed E-state index contributed by atoms with van der Waals surface area (Å²) in [5, 5.41) is 49.0. The Bertz CT molecular complexity index is 1320. The van der Waals surface area contributed by atoms with Crippen LogP contribution in [0.2, 0.25) is 0 Å². The molecule has 12 nitrogen and oxygen atoms in total. The third kappa shape index (κ3) is 7.80. The van der Waals surface area contributed by atoms with Gasteiger partial charge in [-0.2, -0.15) is 0 Å². The SMILES string of the molecule is [B]C(O)(C=O)C([B])(O)C(NC(O)c1c(NCc2cccc(CN3CC(C)OC(C)C3)c2F)cccc1C(=O)O)C(=O)NC. The first-order valence-electron chi connectivity index (χ1n) is 13.5. The lowest BCUT2D eigenvalue weighted by Crippen LogP contribution is -2.70. The van der Waals surface area contributed by atoms with Crippen LogP contribution in [0.15, 0.2) is 36.4 Å². The van der Waals surface area contributed by atoms with E-state index in [2.05, 4.69) is 20.9 Å². The lowest BCUT2D eigenvalue weighted by atomic mass is 9.56. The molecule has 1 amide bonds. The predicted octanol–water partition coefficient (Wildman–Crippen LogP) is -0.647. The molecular weight excluding hydrogens is 561 g/mol. The van der Waals surface area contributed by atoms with Crippen molar-refractivity contribution in [1.29, 1.82) is 0 Å². The van der Waals surface area contributed by atoms with Crippen molar-refractivity contribution < 1.29 is 43.9 Å². The highest BCUT2D eigenvalue weighted by Gasteiger charge is 2.50. The molecule has 3 rings (SSSR count). The number of hydrogen-bond acceptors (Lipinski definition) is 10. The van der Waals surface area contributed by atoms with Crippen molar-refractivity contribution in [1.82, 2.24) is 15.5 Å². The van der Waals surface area contributed by atoms with Crippen LogP contribution in [0.3, 0.4) is 0 Å². The van der Waals surface area contributed by atoms with E-state index in [4.69, 9.17) is 20.4 Å². The molecule has 1 aliphatic rings. The second kappa shape index (κ2) is 14.0. The second-order valence-electron chi connectivity index (χ2n) is 10.7. The molecule has 0 spiro atoms. The van der Waals surface area contributed by atoms with Gasteiger partial charge in [0, 0.05) is 55.6 Å². The quantitative estimate of drug-likeness (QED) is 0.0888. The van der Waals surface area contributed by atoms with Gasteiger partial charge in [-0.3, -0.25) is 15.0 Å². The molecule has 1 aliphatic heterocycles. The summed E-state index contributed by atoms with van der Waals surface area (Å²) in [4.78, 5) is 38.0. The third-order valence-electron chi connectivity index (χ3n) is 7.22. The number of morpholine rings is 1. The number of aldehydes is 1. The van der Waals surface area contributed by atoms with E-state index in [1.807, 2.05) is 13.8 Å². The first kappa shape index (κ1) is 34.2. The number of nitrogens with zero attached hydrogens (tertiary/aromatic N) is 1. The normalized spacial score (nSPS) is 21.6. The van der Waals surface area contributed by atoms with Crippen LogP contribution in [0.4, 0.5) is 10.1 Å². The molecule has 0 aromatic heterocycles. The van der Waals surface area contributed by atoms with E-state index >= 15 is 4.39 Å². The summed E-state index contributed by atoms with van der Waals surface area (Å²) in [6, 6.07) is 6.79. The number of rotatable bonds is 13. The summed E-state index contributed by atoms with van der Waals surface area (Å²) >= 11 is 0. The minimum atomic E-state index is -3.17. The van der Waals surface area contributed by atoms with E-state index in [0.717, 1.165) is 7.05 Å². The number of anilines is 1. The highest BCUT2D eigenvalue weighted by molar-refractivity contribution is 6.32. The van der Waals surface area contributed by atoms with Crippen molar-refractivity contribution in [3.05, 3.63) is 64.5 Å². The van der Waals surface area contributed by atoms with Crippen molar-refractivity contribution in [3.8, 4) is 0 Å². The van der Waals surface area contributed by atoms with E-state index in [9.17, 15) is 34.8 Å². The minimum absolute atomic E-state index is 0.00646. The Hall–Kier alpha value is -3.33. The van der Waals surface area contributed by atoms with Crippen molar-refractivity contribution in [2.45, 2.75) is 62.4 Å². The molecular formula is C28H35B2FN4O8. The zero-order valence-corrected chi connectivity index (χ0v) is 24.1. The Labute approximate surface area is 251 Å². The molecule has 0 saturated carbocycles. The van der Waals surface area contributed by atoms with Gasteiger partial charge in [0.05, 0.1) is 28.8 Å². The number of carboxylic acid groups (broad SMARTS) is 1. The van der Waals surface area contributed by atoms with E-state index in [1.165, 1.54) is 18.2 Å². The maximum atomic E-state index is 15.6. The van der Waals surface area contributed by atoms with Gasteiger partial charge < -0.3 is 40.6 Å². The molecule has 2 aromatic carbocycles. The van der Waals surface area contributed by atoms with Gasteiger partial charge in [-0.15, -0.1) is 0 Å². The number of nitrogens with one attached hydrogen (secondary N) is 3. The molecule has 4 radical (unpaired) electrons. The number of ether oxygens (including phenoxy) is 1. The molecule has 15 heteroatoms. The lowest BCUT2D eigenvalue weighted by Gasteiger charge is -2.42. The fraction of sp³-hybridized carbons (Fsp3) is 0.464. The van der Waals surface area contributed by atoms with Gasteiger partial charge >= 0.3 is 5.97 Å². The number of aliphatic hydroxyl groups is 3. The second-order valence-corrected chi connectivity index (χ2v) is 10.7. The molecule has 1 heterocycles. The summed E-state index contributed by atoms with van der Waals surface area (Å²) < 4.78 is 21.3. The number of carbonyl (C=O) groups is 3. The zero-order chi connectivity index (χ0) is 32.1. The fourth-order valence-electron chi connectivity index (χ4n) is 5.05. The summed E-state index contributed by atoms with van der Waals surface area (Å²) in [7, 11) is 12.2. The summed E-state index contributed by atoms with van der Waals surface area (Å²) in [6.45, 7) is 5.44. The lowest BCUT2D eigenvalue weighted by molar-refractivity contribution is -0.142. The number of amides is 1. The predicted molar refractivity (Wildman–Crippen MR) is 156 cm³/mol. The number of hydrogen-bond donors (Lipinski definition) is 7. The van der Waals surface area contributed by atoms with Gasteiger partial charge in [0.2, 0.25) is 5.91 Å². The van der Waals surface area contributed by atoms with Crippen molar-refractivity contribution in [3.63, 3.8) is 0 Å². The molecule has 1 fully saturated rings. The monoisotopic (exact) mass is 596 g/mol. The summed E-state index contributed by atoms with van der Waals surface area (Å²) in [5.41, 5.74) is -6.27. The van der Waals surface area contributed by atoms with Crippen LogP contribution in [0.1, 0.15) is 47.1 Å². The molecule has 0 aliphatic carbocycles. The molecule has 228 valence electrons. The smallest absolute Gasteiger partial charge is 0.336 e. The minimum Gasteiger partial charge on any atom is -0.478 e. The Kier molecular flexibility index (Phi) is 11.1. The maximum Gasteiger partial charge on any atom is 0.336 e. The van der Waals surface area contributed by atoms with Crippen LogP contribution in [0, 0.1) is 5.82 Å². The van der Waals surface area contributed by atoms with Gasteiger partial charge in [-0.25, -0.2) is 9.18 Å². The van der Waals surface area contributed by atoms with Crippen LogP contribution in [-0.2, 0) is 27.4 Å². The Balaban J connectivity index is 1.90. The fourth-order valence-corrected chi connectivity index (χ4v) is 5.05. The average Bonchev–Trinajstić information content (AvgIpc) is 2.94. The van der Waals surface area contributed by atoms with Crippen molar-refractivity contribution in [2.75, 3.05) is 25.5 Å². The number of carbonyl (C=O) groups excluding carboxylic acids is 2. The van der Waals surface area contributed by atoms with E-state index < -0.39 is 46.5 Å². The van der Waals surface area contributed by atoms with Crippen LogP contribution in [0.5, 0.6) is 0 Å². The molecule has 2 aromatic rings. The number of carboxylic acids is 1. The molecule has 6 unspecified atom stereocenters. The largest absolute Gasteiger partial charge is 0.478 e. The maximum absolute atomic E-state index is 15.6. The van der Waals surface area contributed by atoms with Gasteiger partial charge in [-0.05, 0) is 26.0 Å². The van der Waals surface area contributed by atoms with E-state index in [-0.39, 0.29) is 41.9 Å².